The van der Waals surface area contributed by atoms with Gasteiger partial charge >= 0.3 is 6.18 Å². The summed E-state index contributed by atoms with van der Waals surface area (Å²) in [5.41, 5.74) is 5.82. The quantitative estimate of drug-likeness (QED) is 0.872. The first-order chi connectivity index (χ1) is 9.79. The lowest BCUT2D eigenvalue weighted by molar-refractivity contribution is -0.144. The summed E-state index contributed by atoms with van der Waals surface area (Å²) in [7, 11) is 1.45. The summed E-state index contributed by atoms with van der Waals surface area (Å²) in [5, 5.41) is 2.73. The minimum Gasteiger partial charge on any atom is -0.495 e. The standard InChI is InChI=1S/C12H10BrF3N4O/c1-21-8-3-2-6(13)4-7(8)18-10-5-9(17)19-11(20-10)12(14,15)16/h2-5H,1H3,(H3,17,18,19,20). The highest BCUT2D eigenvalue weighted by Crippen LogP contribution is 2.32. The molecule has 0 spiro atoms. The number of alkyl halides is 3. The highest BCUT2D eigenvalue weighted by Gasteiger charge is 2.35. The van der Waals surface area contributed by atoms with E-state index in [1.165, 1.54) is 13.2 Å². The van der Waals surface area contributed by atoms with Gasteiger partial charge in [0.2, 0.25) is 5.82 Å². The highest BCUT2D eigenvalue weighted by molar-refractivity contribution is 9.10. The molecule has 21 heavy (non-hydrogen) atoms. The van der Waals surface area contributed by atoms with Gasteiger partial charge in [0.1, 0.15) is 17.4 Å². The van der Waals surface area contributed by atoms with Crippen LogP contribution in [0.15, 0.2) is 28.7 Å². The van der Waals surface area contributed by atoms with Crippen LogP contribution in [0.5, 0.6) is 5.75 Å². The molecule has 2 rings (SSSR count). The number of hydrogen-bond acceptors (Lipinski definition) is 5. The fourth-order valence-electron chi connectivity index (χ4n) is 1.57. The summed E-state index contributed by atoms with van der Waals surface area (Å²) in [6.45, 7) is 0. The van der Waals surface area contributed by atoms with Crippen LogP contribution in [0.1, 0.15) is 5.82 Å². The molecular formula is C12H10BrF3N4O. The molecule has 0 atom stereocenters. The molecule has 0 amide bonds. The summed E-state index contributed by atoms with van der Waals surface area (Å²) in [6, 6.07) is 6.24. The summed E-state index contributed by atoms with van der Waals surface area (Å²) in [4.78, 5) is 6.58. The van der Waals surface area contributed by atoms with E-state index in [2.05, 4.69) is 31.2 Å². The summed E-state index contributed by atoms with van der Waals surface area (Å²) >= 11 is 3.27. The summed E-state index contributed by atoms with van der Waals surface area (Å²) in [6.07, 6.45) is -4.67. The van der Waals surface area contributed by atoms with E-state index in [0.717, 1.165) is 4.47 Å². The van der Waals surface area contributed by atoms with Crippen molar-refractivity contribution in [1.82, 2.24) is 9.97 Å². The van der Waals surface area contributed by atoms with Gasteiger partial charge in [-0.15, -0.1) is 0 Å². The molecule has 0 fully saturated rings. The van der Waals surface area contributed by atoms with Crippen molar-refractivity contribution in [1.29, 1.82) is 0 Å². The SMILES string of the molecule is COc1ccc(Br)cc1Nc1cc(N)nc(C(F)(F)F)n1. The van der Waals surface area contributed by atoms with Crippen molar-refractivity contribution in [2.45, 2.75) is 6.18 Å². The molecule has 5 nitrogen and oxygen atoms in total. The second-order valence-corrected chi connectivity index (χ2v) is 4.88. The van der Waals surface area contributed by atoms with Crippen LogP contribution in [0.25, 0.3) is 0 Å². The zero-order valence-electron chi connectivity index (χ0n) is 10.7. The lowest BCUT2D eigenvalue weighted by Crippen LogP contribution is -2.13. The Bertz CT molecular complexity index is 663. The number of methoxy groups -OCH3 is 1. The molecule has 0 saturated carbocycles. The monoisotopic (exact) mass is 362 g/mol. The van der Waals surface area contributed by atoms with Crippen LogP contribution >= 0.6 is 15.9 Å². The minimum absolute atomic E-state index is 0.0776. The maximum absolute atomic E-state index is 12.7. The molecule has 0 aliphatic heterocycles. The molecule has 1 aromatic carbocycles. The van der Waals surface area contributed by atoms with Crippen molar-refractivity contribution >= 4 is 33.3 Å². The Morgan fingerprint density at radius 3 is 2.57 bits per heavy atom. The summed E-state index contributed by atoms with van der Waals surface area (Å²) in [5.74, 6) is -1.22. The molecule has 0 unspecified atom stereocenters. The molecule has 0 saturated heterocycles. The van der Waals surface area contributed by atoms with Crippen LogP contribution in [-0.4, -0.2) is 17.1 Å². The lowest BCUT2D eigenvalue weighted by Gasteiger charge is -2.13. The Morgan fingerprint density at radius 2 is 1.95 bits per heavy atom. The van der Waals surface area contributed by atoms with E-state index in [0.29, 0.717) is 11.4 Å². The molecule has 112 valence electrons. The van der Waals surface area contributed by atoms with Gasteiger partial charge in [0, 0.05) is 10.5 Å². The normalized spacial score (nSPS) is 11.3. The molecule has 0 aliphatic carbocycles. The van der Waals surface area contributed by atoms with Gasteiger partial charge in [-0.3, -0.25) is 0 Å². The molecule has 3 N–H and O–H groups in total. The molecule has 2 aromatic rings. The Labute approximate surface area is 126 Å². The maximum Gasteiger partial charge on any atom is 0.451 e. The average molecular weight is 363 g/mol. The van der Waals surface area contributed by atoms with E-state index in [9.17, 15) is 13.2 Å². The van der Waals surface area contributed by atoms with Crippen molar-refractivity contribution in [3.8, 4) is 5.75 Å². The zero-order chi connectivity index (χ0) is 15.6. The third kappa shape index (κ3) is 3.75. The number of halogens is 4. The fourth-order valence-corrected chi connectivity index (χ4v) is 1.93. The van der Waals surface area contributed by atoms with Gasteiger partial charge in [-0.2, -0.15) is 13.2 Å². The van der Waals surface area contributed by atoms with Gasteiger partial charge in [0.25, 0.3) is 0 Å². The number of nitrogens with one attached hydrogen (secondary N) is 1. The Morgan fingerprint density at radius 1 is 1.24 bits per heavy atom. The number of nitrogens with two attached hydrogens (primary N) is 1. The number of nitrogens with zero attached hydrogens (tertiary/aromatic N) is 2. The number of anilines is 3. The third-order valence-corrected chi connectivity index (χ3v) is 2.92. The van der Waals surface area contributed by atoms with E-state index in [1.54, 1.807) is 18.2 Å². The Balaban J connectivity index is 2.40. The number of nitrogen functional groups attached to an aromatic ring is 1. The molecule has 1 aromatic heterocycles. The first-order valence-corrected chi connectivity index (χ1v) is 6.41. The van der Waals surface area contributed by atoms with E-state index in [4.69, 9.17) is 10.5 Å². The van der Waals surface area contributed by atoms with Crippen LogP contribution in [-0.2, 0) is 6.18 Å². The van der Waals surface area contributed by atoms with Crippen LogP contribution in [0.2, 0.25) is 0 Å². The van der Waals surface area contributed by atoms with Crippen molar-refractivity contribution in [3.63, 3.8) is 0 Å². The molecular weight excluding hydrogens is 353 g/mol. The number of rotatable bonds is 3. The predicted molar refractivity (Wildman–Crippen MR) is 75.4 cm³/mol. The van der Waals surface area contributed by atoms with E-state index < -0.39 is 12.0 Å². The molecule has 0 bridgehead atoms. The number of aromatic nitrogens is 2. The van der Waals surface area contributed by atoms with Crippen molar-refractivity contribution in [2.24, 2.45) is 0 Å². The first-order valence-electron chi connectivity index (χ1n) is 5.62. The van der Waals surface area contributed by atoms with Gasteiger partial charge in [0.15, 0.2) is 0 Å². The van der Waals surface area contributed by atoms with Crippen LogP contribution in [0, 0.1) is 0 Å². The Kier molecular flexibility index (Phi) is 4.21. The van der Waals surface area contributed by atoms with Gasteiger partial charge < -0.3 is 15.8 Å². The lowest BCUT2D eigenvalue weighted by atomic mass is 10.3. The fraction of sp³-hybridized carbons (Fsp3) is 0.167. The minimum atomic E-state index is -4.67. The van der Waals surface area contributed by atoms with E-state index in [-0.39, 0.29) is 11.6 Å². The van der Waals surface area contributed by atoms with Crippen molar-refractivity contribution in [2.75, 3.05) is 18.2 Å². The number of hydrogen-bond donors (Lipinski definition) is 2. The molecule has 0 aliphatic rings. The third-order valence-electron chi connectivity index (χ3n) is 2.42. The van der Waals surface area contributed by atoms with Gasteiger partial charge in [-0.05, 0) is 18.2 Å². The maximum atomic E-state index is 12.7. The molecule has 9 heteroatoms. The molecule has 0 radical (unpaired) electrons. The second kappa shape index (κ2) is 5.76. The highest BCUT2D eigenvalue weighted by atomic mass is 79.9. The number of benzene rings is 1. The van der Waals surface area contributed by atoms with Crippen molar-refractivity contribution in [3.05, 3.63) is 34.6 Å². The summed E-state index contributed by atoms with van der Waals surface area (Å²) < 4.78 is 43.8. The van der Waals surface area contributed by atoms with Crippen molar-refractivity contribution < 1.29 is 17.9 Å². The smallest absolute Gasteiger partial charge is 0.451 e. The van der Waals surface area contributed by atoms with Gasteiger partial charge in [-0.25, -0.2) is 9.97 Å². The molecule has 1 heterocycles. The first kappa shape index (κ1) is 15.4. The zero-order valence-corrected chi connectivity index (χ0v) is 12.3. The Hall–Kier alpha value is -2.03. The van der Waals surface area contributed by atoms with Gasteiger partial charge in [-0.1, -0.05) is 15.9 Å². The largest absolute Gasteiger partial charge is 0.495 e. The van der Waals surface area contributed by atoms with Crippen LogP contribution in [0.3, 0.4) is 0 Å². The van der Waals surface area contributed by atoms with E-state index in [1.807, 2.05) is 0 Å². The van der Waals surface area contributed by atoms with Gasteiger partial charge in [0.05, 0.1) is 12.8 Å². The predicted octanol–water partition coefficient (Wildman–Crippen LogP) is 3.59. The van der Waals surface area contributed by atoms with Crippen LogP contribution in [0.4, 0.5) is 30.5 Å². The van der Waals surface area contributed by atoms with Crippen LogP contribution < -0.4 is 15.8 Å². The second-order valence-electron chi connectivity index (χ2n) is 3.97. The average Bonchev–Trinajstić information content (AvgIpc) is 2.37. The topological polar surface area (TPSA) is 73.1 Å². The number of ether oxygens (including phenoxy) is 1. The van der Waals surface area contributed by atoms with E-state index >= 15 is 0 Å².